The molecule has 3 heterocycles. The van der Waals surface area contributed by atoms with Crippen molar-refractivity contribution in [1.82, 2.24) is 4.98 Å². The van der Waals surface area contributed by atoms with Crippen molar-refractivity contribution in [3.05, 3.63) is 24.3 Å². The highest BCUT2D eigenvalue weighted by molar-refractivity contribution is 7.22. The second-order valence-corrected chi connectivity index (χ2v) is 7.14. The first-order valence-electron chi connectivity index (χ1n) is 8.18. The Morgan fingerprint density at radius 2 is 2.21 bits per heavy atom. The van der Waals surface area contributed by atoms with Crippen LogP contribution in [0.15, 0.2) is 24.3 Å². The van der Waals surface area contributed by atoms with E-state index in [1.807, 2.05) is 18.2 Å². The summed E-state index contributed by atoms with van der Waals surface area (Å²) in [5.41, 5.74) is 0.982. The molecule has 0 unspecified atom stereocenters. The summed E-state index contributed by atoms with van der Waals surface area (Å²) in [5, 5.41) is 0.939. The molecule has 2 saturated heterocycles. The fraction of sp³-hybridized carbons (Fsp3) is 0.471. The van der Waals surface area contributed by atoms with Crippen molar-refractivity contribution in [2.45, 2.75) is 25.4 Å². The number of aromatic nitrogens is 1. The molecule has 0 amide bonds. The molecule has 0 spiro atoms. The summed E-state index contributed by atoms with van der Waals surface area (Å²) in [7, 11) is 0. The first-order chi connectivity index (χ1) is 11.7. The summed E-state index contributed by atoms with van der Waals surface area (Å²) in [6.07, 6.45) is 1.42. The van der Waals surface area contributed by atoms with Gasteiger partial charge >= 0.3 is 11.9 Å². The normalized spacial score (nSPS) is 24.2. The van der Waals surface area contributed by atoms with E-state index in [-0.39, 0.29) is 11.9 Å². The van der Waals surface area contributed by atoms with E-state index in [0.717, 1.165) is 34.7 Å². The summed E-state index contributed by atoms with van der Waals surface area (Å²) < 4.78 is 11.3. The molecule has 2 atom stereocenters. The Kier molecular flexibility index (Phi) is 4.10. The topological polar surface area (TPSA) is 68.7 Å². The minimum atomic E-state index is -0.727. The maximum atomic E-state index is 12.4. The lowest BCUT2D eigenvalue weighted by Gasteiger charge is -2.31. The van der Waals surface area contributed by atoms with Gasteiger partial charge in [-0.05, 0) is 25.0 Å². The van der Waals surface area contributed by atoms with Crippen LogP contribution in [-0.4, -0.2) is 42.7 Å². The number of esters is 2. The smallest absolute Gasteiger partial charge is 0.347 e. The van der Waals surface area contributed by atoms with E-state index in [4.69, 9.17) is 9.47 Å². The van der Waals surface area contributed by atoms with E-state index < -0.39 is 12.1 Å². The molecule has 1 aromatic carbocycles. The molecule has 0 radical (unpaired) electrons. The number of piperidine rings is 1. The van der Waals surface area contributed by atoms with Crippen molar-refractivity contribution < 1.29 is 19.1 Å². The van der Waals surface area contributed by atoms with Crippen LogP contribution < -0.4 is 4.90 Å². The molecule has 0 N–H and O–H groups in total. The summed E-state index contributed by atoms with van der Waals surface area (Å²) in [6.45, 7) is 1.80. The second-order valence-electron chi connectivity index (χ2n) is 6.13. The third-order valence-corrected chi connectivity index (χ3v) is 5.55. The zero-order chi connectivity index (χ0) is 16.5. The highest BCUT2D eigenvalue weighted by Crippen LogP contribution is 2.32. The Morgan fingerprint density at radius 1 is 1.33 bits per heavy atom. The van der Waals surface area contributed by atoms with Crippen molar-refractivity contribution in [1.29, 1.82) is 0 Å². The quantitative estimate of drug-likeness (QED) is 0.795. The molecule has 126 valence electrons. The second kappa shape index (κ2) is 6.39. The Bertz CT molecular complexity index is 742. The third kappa shape index (κ3) is 2.96. The van der Waals surface area contributed by atoms with Gasteiger partial charge in [-0.2, -0.15) is 0 Å². The van der Waals surface area contributed by atoms with Crippen molar-refractivity contribution in [2.75, 3.05) is 24.6 Å². The van der Waals surface area contributed by atoms with Crippen LogP contribution in [0.5, 0.6) is 0 Å². The number of para-hydroxylation sites is 1. The van der Waals surface area contributed by atoms with Crippen molar-refractivity contribution in [3.63, 3.8) is 0 Å². The van der Waals surface area contributed by atoms with Crippen molar-refractivity contribution in [3.8, 4) is 0 Å². The first kappa shape index (κ1) is 15.4. The minimum absolute atomic E-state index is 0.223. The van der Waals surface area contributed by atoms with Gasteiger partial charge in [-0.3, -0.25) is 4.79 Å². The van der Waals surface area contributed by atoms with Gasteiger partial charge in [0.2, 0.25) is 6.10 Å². The highest BCUT2D eigenvalue weighted by Gasteiger charge is 2.34. The van der Waals surface area contributed by atoms with Gasteiger partial charge in [0.15, 0.2) is 5.13 Å². The molecule has 24 heavy (non-hydrogen) atoms. The number of nitrogens with zero attached hydrogens (tertiary/aromatic N) is 2. The number of hydrogen-bond acceptors (Lipinski definition) is 7. The lowest BCUT2D eigenvalue weighted by atomic mass is 9.98. The molecular formula is C17H18N2O4S. The van der Waals surface area contributed by atoms with Crippen LogP contribution in [0.3, 0.4) is 0 Å². The van der Waals surface area contributed by atoms with Crippen LogP contribution in [0, 0.1) is 5.92 Å². The van der Waals surface area contributed by atoms with Gasteiger partial charge in [-0.15, -0.1) is 0 Å². The molecule has 0 aliphatic carbocycles. The lowest BCUT2D eigenvalue weighted by molar-refractivity contribution is -0.163. The summed E-state index contributed by atoms with van der Waals surface area (Å²) in [4.78, 5) is 30.6. The number of benzene rings is 1. The standard InChI is InChI=1S/C17H18N2O4S/c20-15(23-13-7-9-22-16(13)21)11-4-3-8-19(10-11)17-18-12-5-1-2-6-14(12)24-17/h1-2,5-6,11,13H,3-4,7-10H2/t11-,13+/m0/s1. The van der Waals surface area contributed by atoms with Crippen LogP contribution in [0.25, 0.3) is 10.2 Å². The molecule has 6 nitrogen and oxygen atoms in total. The Labute approximate surface area is 143 Å². The van der Waals surface area contributed by atoms with Gasteiger partial charge in [-0.1, -0.05) is 23.5 Å². The minimum Gasteiger partial charge on any atom is -0.463 e. The van der Waals surface area contributed by atoms with Gasteiger partial charge in [0.05, 0.1) is 22.7 Å². The summed E-state index contributed by atoms with van der Waals surface area (Å²) in [5.74, 6) is -0.953. The molecule has 2 aliphatic heterocycles. The van der Waals surface area contributed by atoms with Gasteiger partial charge in [-0.25, -0.2) is 9.78 Å². The molecule has 0 bridgehead atoms. The fourth-order valence-electron chi connectivity index (χ4n) is 3.16. The highest BCUT2D eigenvalue weighted by atomic mass is 32.1. The Morgan fingerprint density at radius 3 is 3.00 bits per heavy atom. The molecule has 7 heteroatoms. The maximum absolute atomic E-state index is 12.4. The van der Waals surface area contributed by atoms with E-state index in [2.05, 4.69) is 16.0 Å². The van der Waals surface area contributed by atoms with Crippen LogP contribution in [0.4, 0.5) is 5.13 Å². The molecule has 2 fully saturated rings. The molecular weight excluding hydrogens is 328 g/mol. The summed E-state index contributed by atoms with van der Waals surface area (Å²) >= 11 is 1.64. The van der Waals surface area contributed by atoms with Gasteiger partial charge in [0.1, 0.15) is 0 Å². The van der Waals surface area contributed by atoms with Crippen LogP contribution >= 0.6 is 11.3 Å². The molecule has 2 aliphatic rings. The number of ether oxygens (including phenoxy) is 2. The fourth-order valence-corrected chi connectivity index (χ4v) is 4.16. The largest absolute Gasteiger partial charge is 0.463 e. The number of thiazole rings is 1. The van der Waals surface area contributed by atoms with Crippen molar-refractivity contribution in [2.24, 2.45) is 5.92 Å². The third-order valence-electron chi connectivity index (χ3n) is 4.45. The molecule has 0 saturated carbocycles. The van der Waals surface area contributed by atoms with E-state index >= 15 is 0 Å². The number of cyclic esters (lactones) is 1. The predicted molar refractivity (Wildman–Crippen MR) is 90.0 cm³/mol. The number of rotatable bonds is 3. The Balaban J connectivity index is 1.45. The van der Waals surface area contributed by atoms with Crippen LogP contribution in [0.1, 0.15) is 19.3 Å². The average molecular weight is 346 g/mol. The monoisotopic (exact) mass is 346 g/mol. The van der Waals surface area contributed by atoms with Crippen LogP contribution in [-0.2, 0) is 19.1 Å². The zero-order valence-corrected chi connectivity index (χ0v) is 14.0. The zero-order valence-electron chi connectivity index (χ0n) is 13.1. The first-order valence-corrected chi connectivity index (χ1v) is 9.00. The SMILES string of the molecule is O=C(O[C@@H]1CCOC1=O)[C@H]1CCCN(c2nc3ccccc3s2)C1. The van der Waals surface area contributed by atoms with Crippen LogP contribution in [0.2, 0.25) is 0 Å². The number of carbonyl (C=O) groups excluding carboxylic acids is 2. The van der Waals surface area contributed by atoms with Crippen molar-refractivity contribution >= 4 is 38.6 Å². The van der Waals surface area contributed by atoms with Gasteiger partial charge in [0.25, 0.3) is 0 Å². The number of carbonyl (C=O) groups is 2. The number of fused-ring (bicyclic) bond motifs is 1. The lowest BCUT2D eigenvalue weighted by Crippen LogP contribution is -2.40. The van der Waals surface area contributed by atoms with E-state index in [0.29, 0.717) is 19.6 Å². The average Bonchev–Trinajstić information content (AvgIpc) is 3.21. The van der Waals surface area contributed by atoms with E-state index in [1.54, 1.807) is 11.3 Å². The predicted octanol–water partition coefficient (Wildman–Crippen LogP) is 2.37. The Hall–Kier alpha value is -2.15. The molecule has 1 aromatic heterocycles. The van der Waals surface area contributed by atoms with Gasteiger partial charge < -0.3 is 14.4 Å². The number of anilines is 1. The number of hydrogen-bond donors (Lipinski definition) is 0. The molecule has 2 aromatic rings. The maximum Gasteiger partial charge on any atom is 0.347 e. The van der Waals surface area contributed by atoms with Gasteiger partial charge in [0, 0.05) is 19.5 Å². The van der Waals surface area contributed by atoms with E-state index in [1.165, 1.54) is 0 Å². The van der Waals surface area contributed by atoms with E-state index in [9.17, 15) is 9.59 Å². The molecule has 4 rings (SSSR count). The summed E-state index contributed by atoms with van der Waals surface area (Å²) in [6, 6.07) is 8.03.